The van der Waals surface area contributed by atoms with Gasteiger partial charge in [-0.15, -0.1) is 0 Å². The summed E-state index contributed by atoms with van der Waals surface area (Å²) in [4.78, 5) is 0. The van der Waals surface area contributed by atoms with Gasteiger partial charge in [0.1, 0.15) is 0 Å². The summed E-state index contributed by atoms with van der Waals surface area (Å²) >= 11 is 0. The Morgan fingerprint density at radius 3 is 2.27 bits per heavy atom. The molecule has 5 aromatic carbocycles. The summed E-state index contributed by atoms with van der Waals surface area (Å²) in [6.45, 7) is 6.08. The van der Waals surface area contributed by atoms with Gasteiger partial charge in [-0.1, -0.05) is 73.3 Å². The molecule has 230 valence electrons. The summed E-state index contributed by atoms with van der Waals surface area (Å²) in [5, 5.41) is 31.7. The standard InChI is InChI=1S/C44H29N5/c1-28(25-45)44-29(2)48(42-14-8-5-11-38(42)44)34-19-16-31(17-20-34)35-21-18-32(24-33(35)27-47)36-9-3-6-12-40(36)49-41-13-7-4-10-37(41)39-23-30(26-46)15-22-43(39)49/h3-4,6-10,12-24H,1,5,11H2,2H3. The van der Waals surface area contributed by atoms with Crippen molar-refractivity contribution in [3.05, 3.63) is 155 Å². The van der Waals surface area contributed by atoms with Crippen molar-refractivity contribution in [1.29, 1.82) is 15.8 Å². The van der Waals surface area contributed by atoms with Gasteiger partial charge in [-0.3, -0.25) is 0 Å². The molecule has 8 rings (SSSR count). The normalized spacial score (nSPS) is 12.0. The largest absolute Gasteiger partial charge is 0.314 e. The van der Waals surface area contributed by atoms with Gasteiger partial charge in [-0.05, 0) is 96.6 Å². The van der Waals surface area contributed by atoms with E-state index in [1.54, 1.807) is 0 Å². The number of hydrogen-bond acceptors (Lipinski definition) is 3. The quantitative estimate of drug-likeness (QED) is 0.178. The molecule has 7 aromatic rings. The summed E-state index contributed by atoms with van der Waals surface area (Å²) in [5.74, 6) is 0. The highest BCUT2D eigenvalue weighted by atomic mass is 15.0. The lowest BCUT2D eigenvalue weighted by molar-refractivity contribution is 0.947. The molecular formula is C44H29N5. The van der Waals surface area contributed by atoms with Crippen LogP contribution in [0.4, 0.5) is 0 Å². The maximum atomic E-state index is 10.4. The third kappa shape index (κ3) is 4.67. The summed E-state index contributed by atoms with van der Waals surface area (Å²) in [6.07, 6.45) is 6.14. The lowest BCUT2D eigenvalue weighted by atomic mass is 9.94. The topological polar surface area (TPSA) is 81.2 Å². The molecule has 0 N–H and O–H groups in total. The van der Waals surface area contributed by atoms with Crippen molar-refractivity contribution in [2.24, 2.45) is 0 Å². The Labute approximate surface area is 284 Å². The van der Waals surface area contributed by atoms with E-state index in [4.69, 9.17) is 0 Å². The minimum atomic E-state index is 0.492. The fourth-order valence-electron chi connectivity index (χ4n) is 7.47. The highest BCUT2D eigenvalue weighted by Gasteiger charge is 2.23. The zero-order chi connectivity index (χ0) is 33.6. The maximum Gasteiger partial charge on any atom is 0.0998 e. The van der Waals surface area contributed by atoms with E-state index < -0.39 is 0 Å². The molecule has 0 saturated carbocycles. The van der Waals surface area contributed by atoms with Gasteiger partial charge in [-0.2, -0.15) is 15.8 Å². The van der Waals surface area contributed by atoms with Crippen molar-refractivity contribution in [3.8, 4) is 51.8 Å². The molecule has 1 aliphatic carbocycles. The second kappa shape index (κ2) is 11.7. The van der Waals surface area contributed by atoms with Crippen LogP contribution in [-0.2, 0) is 6.42 Å². The number of benzene rings is 5. The first-order valence-corrected chi connectivity index (χ1v) is 16.2. The number of hydrogen-bond donors (Lipinski definition) is 0. The monoisotopic (exact) mass is 627 g/mol. The van der Waals surface area contributed by atoms with E-state index in [0.29, 0.717) is 16.7 Å². The van der Waals surface area contributed by atoms with Crippen LogP contribution >= 0.6 is 0 Å². The second-order valence-corrected chi connectivity index (χ2v) is 12.3. The molecule has 0 fully saturated rings. The van der Waals surface area contributed by atoms with E-state index in [9.17, 15) is 15.8 Å². The van der Waals surface area contributed by atoms with Gasteiger partial charge < -0.3 is 9.13 Å². The van der Waals surface area contributed by atoms with Gasteiger partial charge in [-0.25, -0.2) is 0 Å². The third-order valence-corrected chi connectivity index (χ3v) is 9.66. The number of fused-ring (bicyclic) bond motifs is 4. The molecule has 0 amide bonds. The van der Waals surface area contributed by atoms with Crippen LogP contribution in [-0.4, -0.2) is 9.13 Å². The predicted octanol–water partition coefficient (Wildman–Crippen LogP) is 10.5. The van der Waals surface area contributed by atoms with Crippen molar-refractivity contribution in [2.45, 2.75) is 19.8 Å². The Morgan fingerprint density at radius 2 is 1.47 bits per heavy atom. The molecule has 0 atom stereocenters. The number of allylic oxidation sites excluding steroid dienone is 2. The predicted molar refractivity (Wildman–Crippen MR) is 197 cm³/mol. The molecule has 1 aliphatic rings. The Kier molecular flexibility index (Phi) is 7.07. The Balaban J connectivity index is 1.21. The first-order valence-electron chi connectivity index (χ1n) is 16.2. The second-order valence-electron chi connectivity index (χ2n) is 12.3. The van der Waals surface area contributed by atoms with Crippen LogP contribution in [0.1, 0.15) is 40.1 Å². The number of para-hydroxylation sites is 2. The molecule has 0 spiro atoms. The van der Waals surface area contributed by atoms with E-state index in [1.165, 1.54) is 5.56 Å². The van der Waals surface area contributed by atoms with Crippen molar-refractivity contribution in [3.63, 3.8) is 0 Å². The number of aromatic nitrogens is 2. The first kappa shape index (κ1) is 29.5. The van der Waals surface area contributed by atoms with Crippen LogP contribution in [0.25, 0.3) is 67.1 Å². The van der Waals surface area contributed by atoms with Gasteiger partial charge in [0.15, 0.2) is 0 Å². The highest BCUT2D eigenvalue weighted by molar-refractivity contribution is 6.10. The molecule has 0 bridgehead atoms. The number of nitriles is 3. The van der Waals surface area contributed by atoms with Crippen LogP contribution in [0.3, 0.4) is 0 Å². The molecule has 2 aromatic heterocycles. The van der Waals surface area contributed by atoms with Crippen LogP contribution in [0.2, 0.25) is 0 Å². The third-order valence-electron chi connectivity index (χ3n) is 9.66. The molecule has 0 aliphatic heterocycles. The van der Waals surface area contributed by atoms with Crippen molar-refractivity contribution in [2.75, 3.05) is 0 Å². The zero-order valence-electron chi connectivity index (χ0n) is 26.9. The van der Waals surface area contributed by atoms with Gasteiger partial charge in [0.05, 0.1) is 51.6 Å². The van der Waals surface area contributed by atoms with Gasteiger partial charge >= 0.3 is 0 Å². The van der Waals surface area contributed by atoms with Crippen LogP contribution in [0, 0.1) is 40.9 Å². The summed E-state index contributed by atoms with van der Waals surface area (Å²) < 4.78 is 4.45. The minimum absolute atomic E-state index is 0.492. The first-order chi connectivity index (χ1) is 24.0. The van der Waals surface area contributed by atoms with Crippen LogP contribution < -0.4 is 0 Å². The summed E-state index contributed by atoms with van der Waals surface area (Å²) in [5.41, 5.74) is 13.7. The minimum Gasteiger partial charge on any atom is -0.314 e. The smallest absolute Gasteiger partial charge is 0.0998 e. The Morgan fingerprint density at radius 1 is 0.714 bits per heavy atom. The van der Waals surface area contributed by atoms with Crippen LogP contribution in [0.5, 0.6) is 0 Å². The maximum absolute atomic E-state index is 10.4. The van der Waals surface area contributed by atoms with E-state index >= 15 is 0 Å². The Bertz CT molecular complexity index is 2660. The average Bonchev–Trinajstić information content (AvgIpc) is 3.65. The fourth-order valence-corrected chi connectivity index (χ4v) is 7.47. The van der Waals surface area contributed by atoms with Crippen molar-refractivity contribution in [1.82, 2.24) is 9.13 Å². The molecule has 0 unspecified atom stereocenters. The van der Waals surface area contributed by atoms with Gasteiger partial charge in [0.25, 0.3) is 0 Å². The van der Waals surface area contributed by atoms with Gasteiger partial charge in [0, 0.05) is 39.0 Å². The van der Waals surface area contributed by atoms with Gasteiger partial charge in [0.2, 0.25) is 0 Å². The molecule has 0 radical (unpaired) electrons. The van der Waals surface area contributed by atoms with Crippen molar-refractivity contribution >= 4 is 33.5 Å². The van der Waals surface area contributed by atoms with Crippen molar-refractivity contribution < 1.29 is 0 Å². The highest BCUT2D eigenvalue weighted by Crippen LogP contribution is 2.39. The van der Waals surface area contributed by atoms with E-state index in [2.05, 4.69) is 101 Å². The lowest BCUT2D eigenvalue weighted by Crippen LogP contribution is -2.01. The summed E-state index contributed by atoms with van der Waals surface area (Å²) in [7, 11) is 0. The molecule has 49 heavy (non-hydrogen) atoms. The Hall–Kier alpha value is -6.87. The molecular weight excluding hydrogens is 599 g/mol. The summed E-state index contributed by atoms with van der Waals surface area (Å²) in [6, 6.07) is 43.7. The van der Waals surface area contributed by atoms with Crippen LogP contribution in [0.15, 0.2) is 122 Å². The molecule has 5 heteroatoms. The van der Waals surface area contributed by atoms with E-state index in [-0.39, 0.29) is 0 Å². The molecule has 2 heterocycles. The molecule has 0 saturated heterocycles. The SMILES string of the molecule is C=C(C#N)c1c2c(n(-c3ccc(-c4ccc(-c5ccccc5-n5c6ccccc6c6cc(C#N)ccc65)cc4C#N)cc3)c1C)C=CCC2. The zero-order valence-corrected chi connectivity index (χ0v) is 26.9. The average molecular weight is 628 g/mol. The number of nitrogens with zero attached hydrogens (tertiary/aromatic N) is 5. The number of rotatable bonds is 5. The van der Waals surface area contributed by atoms with E-state index in [0.717, 1.165) is 85.2 Å². The molecule has 5 nitrogen and oxygen atoms in total. The fraction of sp³-hybridized carbons (Fsp3) is 0.0682. The van der Waals surface area contributed by atoms with E-state index in [1.807, 2.05) is 61.5 Å². The lowest BCUT2D eigenvalue weighted by Gasteiger charge is -2.16.